The van der Waals surface area contributed by atoms with E-state index in [0.29, 0.717) is 0 Å². The highest BCUT2D eigenvalue weighted by Gasteiger charge is 2.25. The molecule has 21 heavy (non-hydrogen) atoms. The summed E-state index contributed by atoms with van der Waals surface area (Å²) in [6.45, 7) is 0. The van der Waals surface area contributed by atoms with Gasteiger partial charge < -0.3 is 0 Å². The zero-order valence-corrected chi connectivity index (χ0v) is 11.6. The highest BCUT2D eigenvalue weighted by atomic mass is 15.0. The normalized spacial score (nSPS) is 17.1. The van der Waals surface area contributed by atoms with Crippen LogP contribution in [0.5, 0.6) is 0 Å². The third kappa shape index (κ3) is 2.50. The van der Waals surface area contributed by atoms with Crippen molar-refractivity contribution in [3.8, 4) is 0 Å². The lowest BCUT2D eigenvalue weighted by molar-refractivity contribution is 1.29. The fourth-order valence-corrected chi connectivity index (χ4v) is 2.61. The fourth-order valence-electron chi connectivity index (χ4n) is 2.61. The van der Waals surface area contributed by atoms with Gasteiger partial charge >= 0.3 is 0 Å². The topological polar surface area (TPSA) is 12.4 Å². The van der Waals surface area contributed by atoms with Gasteiger partial charge in [0.15, 0.2) is 0 Å². The average molecular weight is 269 g/mol. The molecule has 4 rings (SSSR count). The van der Waals surface area contributed by atoms with Gasteiger partial charge in [0.25, 0.3) is 0 Å². The molecule has 3 aromatic carbocycles. The second kappa shape index (κ2) is 5.02. The van der Waals surface area contributed by atoms with Gasteiger partial charge in [-0.3, -0.25) is 4.99 Å². The Hall–Kier alpha value is -2.67. The maximum atomic E-state index is 4.53. The minimum atomic E-state index is 0.249. The molecule has 0 N–H and O–H groups in total. The number of benzene rings is 3. The molecule has 1 heterocycles. The van der Waals surface area contributed by atoms with E-state index in [0.717, 1.165) is 0 Å². The fraction of sp³-hybridized carbons (Fsp3) is 0.0500. The molecule has 1 unspecified atom stereocenters. The molecule has 0 bridgehead atoms. The zero-order chi connectivity index (χ0) is 14.1. The summed E-state index contributed by atoms with van der Waals surface area (Å²) in [5, 5.41) is 2.56. The van der Waals surface area contributed by atoms with Crippen LogP contribution in [-0.4, -0.2) is 11.8 Å². The van der Waals surface area contributed by atoms with Crippen molar-refractivity contribution in [3.63, 3.8) is 0 Å². The van der Waals surface area contributed by atoms with Crippen LogP contribution in [0.25, 0.3) is 16.8 Å². The number of hydrogen-bond donors (Lipinski definition) is 0. The molecule has 0 aliphatic carbocycles. The molecule has 0 saturated heterocycles. The van der Waals surface area contributed by atoms with Crippen molar-refractivity contribution < 1.29 is 0 Å². The van der Waals surface area contributed by atoms with Gasteiger partial charge in [0, 0.05) is 0 Å². The Morgan fingerprint density at radius 1 is 0.762 bits per heavy atom. The third-order valence-electron chi connectivity index (χ3n) is 3.80. The van der Waals surface area contributed by atoms with Crippen LogP contribution in [0.4, 0.5) is 0 Å². The first-order valence-corrected chi connectivity index (χ1v) is 7.20. The second-order valence-corrected chi connectivity index (χ2v) is 5.29. The number of nitrogens with zero attached hydrogens (tertiary/aromatic N) is 1. The van der Waals surface area contributed by atoms with E-state index in [4.69, 9.17) is 0 Å². The van der Waals surface area contributed by atoms with E-state index in [1.54, 1.807) is 0 Å². The Balaban J connectivity index is 1.51. The minimum absolute atomic E-state index is 0.249. The predicted octanol–water partition coefficient (Wildman–Crippen LogP) is 4.72. The molecule has 0 fully saturated rings. The summed E-state index contributed by atoms with van der Waals surface area (Å²) in [7, 11) is 0. The van der Waals surface area contributed by atoms with Crippen molar-refractivity contribution in [2.24, 2.45) is 4.99 Å². The summed E-state index contributed by atoms with van der Waals surface area (Å²) in [4.78, 5) is 4.53. The van der Waals surface area contributed by atoms with Gasteiger partial charge in [0.2, 0.25) is 0 Å². The number of hydrogen-bond acceptors (Lipinski definition) is 1. The van der Waals surface area contributed by atoms with Crippen molar-refractivity contribution in [1.82, 2.24) is 0 Å². The van der Waals surface area contributed by atoms with E-state index in [-0.39, 0.29) is 6.04 Å². The summed E-state index contributed by atoms with van der Waals surface area (Å²) >= 11 is 0. The van der Waals surface area contributed by atoms with Gasteiger partial charge in [-0.2, -0.15) is 0 Å². The van der Waals surface area contributed by atoms with Crippen LogP contribution in [0.2, 0.25) is 0 Å². The van der Waals surface area contributed by atoms with Gasteiger partial charge in [0.05, 0.1) is 5.71 Å². The van der Waals surface area contributed by atoms with Crippen LogP contribution >= 0.6 is 0 Å². The van der Waals surface area contributed by atoms with Crippen molar-refractivity contribution in [2.75, 3.05) is 0 Å². The molecule has 1 aliphatic rings. The maximum Gasteiger partial charge on any atom is 0.111 e. The molecule has 0 radical (unpaired) electrons. The molecular formula is C20H15N. The summed E-state index contributed by atoms with van der Waals surface area (Å²) in [5.41, 5.74) is 3.64. The molecule has 0 aromatic heterocycles. The summed E-state index contributed by atoms with van der Waals surface area (Å²) < 4.78 is 0. The lowest BCUT2D eigenvalue weighted by atomic mass is 10.1. The Kier molecular flexibility index (Phi) is 2.89. The smallest absolute Gasteiger partial charge is 0.111 e. The molecule has 100 valence electrons. The van der Waals surface area contributed by atoms with Crippen LogP contribution in [0.15, 0.2) is 83.9 Å². The van der Waals surface area contributed by atoms with Crippen LogP contribution in [0, 0.1) is 0 Å². The first-order chi connectivity index (χ1) is 10.4. The predicted molar refractivity (Wildman–Crippen MR) is 89.7 cm³/mol. The molecule has 1 heteroatoms. The van der Waals surface area contributed by atoms with Crippen LogP contribution < -0.4 is 0 Å². The number of fused-ring (bicyclic) bond motifs is 1. The maximum absolute atomic E-state index is 4.53. The van der Waals surface area contributed by atoms with Gasteiger partial charge in [-0.25, -0.2) is 0 Å². The first-order valence-electron chi connectivity index (χ1n) is 7.20. The zero-order valence-electron chi connectivity index (χ0n) is 11.6. The van der Waals surface area contributed by atoms with E-state index < -0.39 is 0 Å². The van der Waals surface area contributed by atoms with Crippen molar-refractivity contribution in [3.05, 3.63) is 90.0 Å². The standard InChI is InChI=1S/C20H15N/c1-2-7-17(8-3-1)20-19(21-20)13-11-15-10-12-16-6-4-5-9-18(16)14-15/h1-14,19H/b13-11+. The van der Waals surface area contributed by atoms with Gasteiger partial charge in [-0.1, -0.05) is 78.9 Å². The van der Waals surface area contributed by atoms with Crippen molar-refractivity contribution in [2.45, 2.75) is 6.04 Å². The second-order valence-electron chi connectivity index (χ2n) is 5.29. The van der Waals surface area contributed by atoms with Crippen LogP contribution in [0.1, 0.15) is 11.1 Å². The molecule has 3 aromatic rings. The summed E-state index contributed by atoms with van der Waals surface area (Å²) in [5.74, 6) is 0. The molecule has 0 saturated carbocycles. The Labute approximate surface area is 124 Å². The van der Waals surface area contributed by atoms with Crippen molar-refractivity contribution >= 4 is 22.6 Å². The molecule has 1 nitrogen and oxygen atoms in total. The highest BCUT2D eigenvalue weighted by molar-refractivity contribution is 6.15. The SMILES string of the molecule is C(=C\C1N=C1c1ccccc1)/c1ccc2ccccc2c1. The summed E-state index contributed by atoms with van der Waals surface area (Å²) in [6.07, 6.45) is 4.34. The first kappa shape index (κ1) is 12.1. The van der Waals surface area contributed by atoms with Gasteiger partial charge in [-0.15, -0.1) is 0 Å². The molecule has 0 amide bonds. The number of rotatable bonds is 3. The van der Waals surface area contributed by atoms with Crippen LogP contribution in [0.3, 0.4) is 0 Å². The Morgan fingerprint density at radius 2 is 1.52 bits per heavy atom. The van der Waals surface area contributed by atoms with E-state index in [1.165, 1.54) is 27.6 Å². The summed E-state index contributed by atoms with van der Waals surface area (Å²) in [6, 6.07) is 25.6. The Bertz CT molecular complexity index is 844. The molecule has 1 atom stereocenters. The molecule has 1 aliphatic heterocycles. The highest BCUT2D eigenvalue weighted by Crippen LogP contribution is 2.23. The Morgan fingerprint density at radius 3 is 2.38 bits per heavy atom. The van der Waals surface area contributed by atoms with E-state index >= 15 is 0 Å². The lowest BCUT2D eigenvalue weighted by Gasteiger charge is -1.99. The monoisotopic (exact) mass is 269 g/mol. The molecular weight excluding hydrogens is 254 g/mol. The van der Waals surface area contributed by atoms with E-state index in [2.05, 4.69) is 83.9 Å². The lowest BCUT2D eigenvalue weighted by Crippen LogP contribution is -1.94. The van der Waals surface area contributed by atoms with E-state index in [1.807, 2.05) is 6.07 Å². The number of aliphatic imine (C=N–C) groups is 1. The molecule has 0 spiro atoms. The minimum Gasteiger partial charge on any atom is -0.273 e. The van der Waals surface area contributed by atoms with Gasteiger partial charge in [0.1, 0.15) is 6.04 Å². The van der Waals surface area contributed by atoms with E-state index in [9.17, 15) is 0 Å². The average Bonchev–Trinajstić information content (AvgIpc) is 3.33. The quantitative estimate of drug-likeness (QED) is 0.652. The third-order valence-corrected chi connectivity index (χ3v) is 3.80. The van der Waals surface area contributed by atoms with Gasteiger partial charge in [-0.05, 0) is 28.0 Å². The largest absolute Gasteiger partial charge is 0.273 e. The van der Waals surface area contributed by atoms with Crippen LogP contribution in [-0.2, 0) is 0 Å². The van der Waals surface area contributed by atoms with Crippen molar-refractivity contribution in [1.29, 1.82) is 0 Å².